The first-order chi connectivity index (χ1) is 14.8. The van der Waals surface area contributed by atoms with Crippen LogP contribution in [0.25, 0.3) is 0 Å². The molecule has 7 heteroatoms. The maximum Gasteiger partial charge on any atom is 0.338 e. The third kappa shape index (κ3) is 5.19. The van der Waals surface area contributed by atoms with E-state index >= 15 is 0 Å². The summed E-state index contributed by atoms with van der Waals surface area (Å²) in [5, 5.41) is 0. The van der Waals surface area contributed by atoms with Gasteiger partial charge in [0, 0.05) is 6.42 Å². The SMILES string of the molecule is COC(=O)c1ccccc1CC(=O)CN(c1ccc(C)cc1)S(=O)(=O)c1ccccc1. The molecule has 0 N–H and O–H groups in total. The van der Waals surface area contributed by atoms with Crippen LogP contribution in [0.1, 0.15) is 21.5 Å². The van der Waals surface area contributed by atoms with Crippen molar-refractivity contribution in [1.82, 2.24) is 0 Å². The Labute approximate surface area is 182 Å². The van der Waals surface area contributed by atoms with Gasteiger partial charge in [0.1, 0.15) is 0 Å². The number of hydrogen-bond acceptors (Lipinski definition) is 5. The summed E-state index contributed by atoms with van der Waals surface area (Å²) in [5.41, 5.74) is 2.13. The van der Waals surface area contributed by atoms with Crippen molar-refractivity contribution in [2.75, 3.05) is 18.0 Å². The number of anilines is 1. The van der Waals surface area contributed by atoms with Gasteiger partial charge in [-0.25, -0.2) is 13.2 Å². The Hall–Kier alpha value is -3.45. The molecule has 3 aromatic rings. The third-order valence-corrected chi connectivity index (χ3v) is 6.57. The number of carbonyl (C=O) groups is 2. The average molecular weight is 438 g/mol. The Morgan fingerprint density at radius 2 is 1.48 bits per heavy atom. The number of hydrogen-bond donors (Lipinski definition) is 0. The molecule has 0 amide bonds. The topological polar surface area (TPSA) is 80.8 Å². The summed E-state index contributed by atoms with van der Waals surface area (Å²) in [5.74, 6) is -0.896. The quantitative estimate of drug-likeness (QED) is 0.501. The van der Waals surface area contributed by atoms with Crippen molar-refractivity contribution in [1.29, 1.82) is 0 Å². The van der Waals surface area contributed by atoms with E-state index in [1.807, 2.05) is 6.92 Å². The highest BCUT2D eigenvalue weighted by molar-refractivity contribution is 7.92. The Kier molecular flexibility index (Phi) is 6.87. The van der Waals surface area contributed by atoms with E-state index in [9.17, 15) is 18.0 Å². The van der Waals surface area contributed by atoms with Crippen LogP contribution in [0.4, 0.5) is 5.69 Å². The van der Waals surface area contributed by atoms with Crippen LogP contribution in [0.3, 0.4) is 0 Å². The number of ketones is 1. The molecule has 31 heavy (non-hydrogen) atoms. The number of sulfonamides is 1. The van der Waals surface area contributed by atoms with Crippen molar-refractivity contribution in [3.8, 4) is 0 Å². The number of nitrogens with zero attached hydrogens (tertiary/aromatic N) is 1. The monoisotopic (exact) mass is 437 g/mol. The molecule has 3 aromatic carbocycles. The predicted molar refractivity (Wildman–Crippen MR) is 119 cm³/mol. The molecule has 0 bridgehead atoms. The van der Waals surface area contributed by atoms with E-state index in [4.69, 9.17) is 4.74 Å². The van der Waals surface area contributed by atoms with Gasteiger partial charge in [0.05, 0.1) is 29.8 Å². The van der Waals surface area contributed by atoms with Gasteiger partial charge in [-0.2, -0.15) is 0 Å². The average Bonchev–Trinajstić information content (AvgIpc) is 2.78. The zero-order valence-electron chi connectivity index (χ0n) is 17.3. The molecule has 0 saturated carbocycles. The highest BCUT2D eigenvalue weighted by atomic mass is 32.2. The van der Waals surface area contributed by atoms with Gasteiger partial charge in [-0.1, -0.05) is 54.1 Å². The van der Waals surface area contributed by atoms with Gasteiger partial charge in [-0.15, -0.1) is 0 Å². The lowest BCUT2D eigenvalue weighted by atomic mass is 10.0. The number of esters is 1. The second kappa shape index (κ2) is 9.57. The number of ether oxygens (including phenoxy) is 1. The fourth-order valence-electron chi connectivity index (χ4n) is 3.16. The first-order valence-electron chi connectivity index (χ1n) is 9.65. The predicted octanol–water partition coefficient (Wildman–Crippen LogP) is 3.79. The van der Waals surface area contributed by atoms with Gasteiger partial charge >= 0.3 is 5.97 Å². The molecule has 0 aliphatic rings. The van der Waals surface area contributed by atoms with Gasteiger partial charge < -0.3 is 4.74 Å². The van der Waals surface area contributed by atoms with E-state index < -0.39 is 16.0 Å². The minimum absolute atomic E-state index is 0.0957. The Morgan fingerprint density at radius 1 is 0.871 bits per heavy atom. The van der Waals surface area contributed by atoms with Gasteiger partial charge in [0.2, 0.25) is 0 Å². The zero-order chi connectivity index (χ0) is 22.4. The van der Waals surface area contributed by atoms with Crippen LogP contribution < -0.4 is 4.31 Å². The number of carbonyl (C=O) groups excluding carboxylic acids is 2. The molecule has 0 heterocycles. The van der Waals surface area contributed by atoms with Gasteiger partial charge in [-0.05, 0) is 42.8 Å². The van der Waals surface area contributed by atoms with Gasteiger partial charge in [-0.3, -0.25) is 9.10 Å². The lowest BCUT2D eigenvalue weighted by Crippen LogP contribution is -2.36. The summed E-state index contributed by atoms with van der Waals surface area (Å²) in [6.07, 6.45) is -0.0993. The molecule has 3 rings (SSSR count). The van der Waals surface area contributed by atoms with E-state index in [1.54, 1.807) is 66.7 Å². The van der Waals surface area contributed by atoms with Crippen LogP contribution in [0.5, 0.6) is 0 Å². The van der Waals surface area contributed by atoms with E-state index in [2.05, 4.69) is 0 Å². The summed E-state index contributed by atoms with van der Waals surface area (Å²) >= 11 is 0. The molecular formula is C24H23NO5S. The summed E-state index contributed by atoms with van der Waals surface area (Å²) < 4.78 is 32.5. The summed E-state index contributed by atoms with van der Waals surface area (Å²) in [6.45, 7) is 1.53. The van der Waals surface area contributed by atoms with Crippen molar-refractivity contribution < 1.29 is 22.7 Å². The highest BCUT2D eigenvalue weighted by Crippen LogP contribution is 2.24. The largest absolute Gasteiger partial charge is 0.465 e. The molecule has 0 aliphatic heterocycles. The molecule has 0 saturated heterocycles. The van der Waals surface area contributed by atoms with Crippen LogP contribution >= 0.6 is 0 Å². The van der Waals surface area contributed by atoms with Gasteiger partial charge in [0.25, 0.3) is 10.0 Å². The minimum Gasteiger partial charge on any atom is -0.465 e. The van der Waals surface area contributed by atoms with Crippen LogP contribution in [-0.4, -0.2) is 33.8 Å². The van der Waals surface area contributed by atoms with Crippen LogP contribution in [0.2, 0.25) is 0 Å². The molecule has 0 atom stereocenters. The van der Waals surface area contributed by atoms with Crippen molar-refractivity contribution in [2.45, 2.75) is 18.2 Å². The van der Waals surface area contributed by atoms with E-state index in [0.717, 1.165) is 9.87 Å². The van der Waals surface area contributed by atoms with E-state index in [-0.39, 0.29) is 29.2 Å². The lowest BCUT2D eigenvalue weighted by molar-refractivity contribution is -0.117. The molecule has 0 unspecified atom stereocenters. The van der Waals surface area contributed by atoms with Gasteiger partial charge in [0.15, 0.2) is 5.78 Å². The Bertz CT molecular complexity index is 1170. The molecule has 0 aliphatic carbocycles. The van der Waals surface area contributed by atoms with Crippen molar-refractivity contribution >= 4 is 27.5 Å². The number of methoxy groups -OCH3 is 1. The molecule has 160 valence electrons. The molecular weight excluding hydrogens is 414 g/mol. The van der Waals surface area contributed by atoms with Crippen molar-refractivity contribution in [3.63, 3.8) is 0 Å². The number of benzene rings is 3. The third-order valence-electron chi connectivity index (χ3n) is 4.78. The molecule has 0 aromatic heterocycles. The maximum absolute atomic E-state index is 13.3. The summed E-state index contributed by atoms with van der Waals surface area (Å²) in [6, 6.07) is 21.5. The van der Waals surface area contributed by atoms with Crippen LogP contribution in [0.15, 0.2) is 83.8 Å². The number of rotatable bonds is 8. The second-order valence-electron chi connectivity index (χ2n) is 7.02. The summed E-state index contributed by atoms with van der Waals surface area (Å²) in [4.78, 5) is 25.0. The maximum atomic E-state index is 13.3. The standard InChI is InChI=1S/C24H23NO5S/c1-18-12-14-20(15-13-18)25(31(28,29)22-9-4-3-5-10-22)17-21(26)16-19-8-6-7-11-23(19)24(27)30-2/h3-15H,16-17H2,1-2H3. The fraction of sp³-hybridized carbons (Fsp3) is 0.167. The fourth-order valence-corrected chi connectivity index (χ4v) is 4.63. The first-order valence-corrected chi connectivity index (χ1v) is 11.1. The van der Waals surface area contributed by atoms with Crippen molar-refractivity contribution in [3.05, 3.63) is 95.6 Å². The first kappa shape index (κ1) is 22.2. The number of aryl methyl sites for hydroxylation is 1. The normalized spacial score (nSPS) is 11.0. The minimum atomic E-state index is -3.96. The molecule has 0 fully saturated rings. The smallest absolute Gasteiger partial charge is 0.338 e. The molecule has 0 radical (unpaired) electrons. The lowest BCUT2D eigenvalue weighted by Gasteiger charge is -2.24. The van der Waals surface area contributed by atoms with Crippen LogP contribution in [-0.2, 0) is 26.0 Å². The summed E-state index contributed by atoms with van der Waals surface area (Å²) in [7, 11) is -2.69. The molecule has 6 nitrogen and oxygen atoms in total. The van der Waals surface area contributed by atoms with Crippen LogP contribution in [0, 0.1) is 6.92 Å². The molecule has 0 spiro atoms. The van der Waals surface area contributed by atoms with E-state index in [1.165, 1.54) is 19.2 Å². The number of Topliss-reactive ketones (excluding diaryl/α,β-unsaturated/α-hetero) is 1. The Balaban J connectivity index is 1.94. The van der Waals surface area contributed by atoms with Crippen molar-refractivity contribution in [2.24, 2.45) is 0 Å². The Morgan fingerprint density at radius 3 is 2.13 bits per heavy atom. The highest BCUT2D eigenvalue weighted by Gasteiger charge is 2.27. The zero-order valence-corrected chi connectivity index (χ0v) is 18.1. The van der Waals surface area contributed by atoms with E-state index in [0.29, 0.717) is 11.3 Å². The second-order valence-corrected chi connectivity index (χ2v) is 8.89.